The lowest BCUT2D eigenvalue weighted by Crippen LogP contribution is -2.34. The van der Waals surface area contributed by atoms with E-state index in [-0.39, 0.29) is 5.97 Å². The third kappa shape index (κ3) is 3.33. The number of halogens is 1. The predicted octanol–water partition coefficient (Wildman–Crippen LogP) is 5.79. The van der Waals surface area contributed by atoms with Crippen molar-refractivity contribution in [2.45, 2.75) is 19.4 Å². The van der Waals surface area contributed by atoms with Crippen molar-refractivity contribution < 1.29 is 19.0 Å². The van der Waals surface area contributed by atoms with Crippen LogP contribution in [0.5, 0.6) is 11.5 Å². The van der Waals surface area contributed by atoms with Gasteiger partial charge in [-0.15, -0.1) is 0 Å². The average molecular weight is 465 g/mol. The molecule has 1 spiro atoms. The average Bonchev–Trinajstić information content (AvgIpc) is 3.11. The summed E-state index contributed by atoms with van der Waals surface area (Å²) in [6.45, 7) is 6.32. The van der Waals surface area contributed by atoms with Crippen molar-refractivity contribution in [3.05, 3.63) is 81.9 Å². The van der Waals surface area contributed by atoms with Gasteiger partial charge >= 0.3 is 5.97 Å². The Morgan fingerprint density at radius 3 is 2.52 bits per heavy atom. The summed E-state index contributed by atoms with van der Waals surface area (Å²) in [6.07, 6.45) is 0. The zero-order chi connectivity index (χ0) is 23.0. The molecule has 0 aromatic heterocycles. The Kier molecular flexibility index (Phi) is 5.64. The fraction of sp³-hybridized carbons (Fsp3) is 0.269. The van der Waals surface area contributed by atoms with E-state index in [1.165, 1.54) is 0 Å². The number of nitrogens with one attached hydrogen (secondary N) is 2. The molecule has 0 saturated carbocycles. The van der Waals surface area contributed by atoms with Crippen molar-refractivity contribution in [1.29, 1.82) is 0 Å². The second-order valence-corrected chi connectivity index (χ2v) is 8.26. The van der Waals surface area contributed by atoms with Crippen LogP contribution in [0.25, 0.3) is 0 Å². The third-order valence-electron chi connectivity index (χ3n) is 5.96. The molecular formula is C26H25ClN2O4. The van der Waals surface area contributed by atoms with E-state index in [4.69, 9.17) is 25.8 Å². The Bertz CT molecular complexity index is 1230. The zero-order valence-electron chi connectivity index (χ0n) is 18.5. The summed E-state index contributed by atoms with van der Waals surface area (Å²) >= 11 is 6.71. The lowest BCUT2D eigenvalue weighted by Gasteiger charge is -2.38. The maximum atomic E-state index is 13.1. The van der Waals surface area contributed by atoms with Crippen LogP contribution in [0.4, 0.5) is 11.4 Å². The van der Waals surface area contributed by atoms with Crippen molar-refractivity contribution in [3.63, 3.8) is 0 Å². The van der Waals surface area contributed by atoms with E-state index in [0.29, 0.717) is 48.4 Å². The highest BCUT2D eigenvalue weighted by Gasteiger charge is 2.55. The Morgan fingerprint density at radius 1 is 0.970 bits per heavy atom. The van der Waals surface area contributed by atoms with Crippen LogP contribution in [0.1, 0.15) is 40.9 Å². The van der Waals surface area contributed by atoms with Gasteiger partial charge in [0, 0.05) is 36.9 Å². The molecule has 170 valence electrons. The van der Waals surface area contributed by atoms with Crippen LogP contribution in [0.15, 0.2) is 54.6 Å². The molecule has 0 saturated heterocycles. The minimum atomic E-state index is -1.17. The van der Waals surface area contributed by atoms with Gasteiger partial charge in [-0.2, -0.15) is 0 Å². The number of benzene rings is 3. The summed E-state index contributed by atoms with van der Waals surface area (Å²) in [5.74, 6) is 0.805. The standard InChI is InChI=1S/C26H25ClN2O4/c1-3-28-23-19(27)15-21-22(24(23)29-13-14-31-4-2)26(18-11-7-8-12-20(18)32-21)17-10-6-5-9-16(17)25(30)33-26/h5-12,15,28-29H,3-4,13-14H2,1-2H3. The van der Waals surface area contributed by atoms with E-state index in [2.05, 4.69) is 10.6 Å². The molecule has 5 rings (SSSR count). The summed E-state index contributed by atoms with van der Waals surface area (Å²) < 4.78 is 18.2. The van der Waals surface area contributed by atoms with E-state index >= 15 is 0 Å². The third-order valence-corrected chi connectivity index (χ3v) is 6.26. The number of carbonyl (C=O) groups excluding carboxylic acids is 1. The number of esters is 1. The number of para-hydroxylation sites is 1. The summed E-state index contributed by atoms with van der Waals surface area (Å²) in [5, 5.41) is 7.37. The van der Waals surface area contributed by atoms with Crippen molar-refractivity contribution in [2.75, 3.05) is 36.9 Å². The van der Waals surface area contributed by atoms with Gasteiger partial charge in [0.15, 0.2) is 5.60 Å². The van der Waals surface area contributed by atoms with Crippen LogP contribution < -0.4 is 15.4 Å². The molecule has 1 unspecified atom stereocenters. The molecule has 0 amide bonds. The van der Waals surface area contributed by atoms with Crippen LogP contribution >= 0.6 is 11.6 Å². The highest BCUT2D eigenvalue weighted by atomic mass is 35.5. The van der Waals surface area contributed by atoms with Gasteiger partial charge in [0.05, 0.1) is 34.1 Å². The molecule has 0 bridgehead atoms. The molecule has 3 aromatic rings. The Hall–Kier alpha value is -3.22. The zero-order valence-corrected chi connectivity index (χ0v) is 19.3. The summed E-state index contributed by atoms with van der Waals surface area (Å²) in [7, 11) is 0. The van der Waals surface area contributed by atoms with Gasteiger partial charge in [0.25, 0.3) is 0 Å². The van der Waals surface area contributed by atoms with Crippen molar-refractivity contribution in [2.24, 2.45) is 0 Å². The van der Waals surface area contributed by atoms with Gasteiger partial charge in [-0.3, -0.25) is 0 Å². The monoisotopic (exact) mass is 464 g/mol. The van der Waals surface area contributed by atoms with Crippen molar-refractivity contribution >= 4 is 28.9 Å². The summed E-state index contributed by atoms with van der Waals surface area (Å²) in [6, 6.07) is 16.9. The molecule has 6 nitrogen and oxygen atoms in total. The molecule has 0 radical (unpaired) electrons. The summed E-state index contributed by atoms with van der Waals surface area (Å²) in [4.78, 5) is 13.1. The van der Waals surface area contributed by atoms with Gasteiger partial charge < -0.3 is 24.8 Å². The van der Waals surface area contributed by atoms with Crippen molar-refractivity contribution in [1.82, 2.24) is 0 Å². The Balaban J connectivity index is 1.81. The minimum Gasteiger partial charge on any atom is -0.456 e. The molecular weight excluding hydrogens is 440 g/mol. The second kappa shape index (κ2) is 8.61. The van der Waals surface area contributed by atoms with Crippen LogP contribution in [0.2, 0.25) is 5.02 Å². The van der Waals surface area contributed by atoms with E-state index in [1.807, 2.05) is 56.3 Å². The van der Waals surface area contributed by atoms with Gasteiger partial charge in [-0.1, -0.05) is 48.0 Å². The van der Waals surface area contributed by atoms with Gasteiger partial charge in [0.2, 0.25) is 0 Å². The molecule has 2 N–H and O–H groups in total. The molecule has 2 aliphatic rings. The van der Waals surface area contributed by atoms with Crippen LogP contribution in [0.3, 0.4) is 0 Å². The molecule has 3 aromatic carbocycles. The number of ether oxygens (including phenoxy) is 3. The van der Waals surface area contributed by atoms with E-state index in [9.17, 15) is 4.79 Å². The van der Waals surface area contributed by atoms with Gasteiger partial charge in [-0.05, 0) is 26.0 Å². The highest BCUT2D eigenvalue weighted by Crippen LogP contribution is 2.60. The smallest absolute Gasteiger partial charge is 0.340 e. The first kappa shape index (κ1) is 21.6. The van der Waals surface area contributed by atoms with Crippen LogP contribution in [-0.2, 0) is 15.1 Å². The topological polar surface area (TPSA) is 68.8 Å². The summed E-state index contributed by atoms with van der Waals surface area (Å²) in [5.41, 5.74) is 3.12. The number of anilines is 2. The molecule has 7 heteroatoms. The van der Waals surface area contributed by atoms with Crippen LogP contribution in [-0.4, -0.2) is 32.3 Å². The number of fused-ring (bicyclic) bond motifs is 6. The lowest BCUT2D eigenvalue weighted by atomic mass is 9.76. The first-order chi connectivity index (χ1) is 16.1. The fourth-order valence-corrected chi connectivity index (χ4v) is 4.94. The van der Waals surface area contributed by atoms with Gasteiger partial charge in [-0.25, -0.2) is 4.79 Å². The Labute approximate surface area is 197 Å². The largest absolute Gasteiger partial charge is 0.456 e. The maximum absolute atomic E-state index is 13.1. The maximum Gasteiger partial charge on any atom is 0.340 e. The quantitative estimate of drug-likeness (QED) is 0.341. The fourth-order valence-electron chi connectivity index (χ4n) is 4.68. The van der Waals surface area contributed by atoms with Gasteiger partial charge in [0.1, 0.15) is 11.5 Å². The first-order valence-electron chi connectivity index (χ1n) is 11.1. The Morgan fingerprint density at radius 2 is 1.73 bits per heavy atom. The molecule has 2 heterocycles. The van der Waals surface area contributed by atoms with Crippen molar-refractivity contribution in [3.8, 4) is 11.5 Å². The lowest BCUT2D eigenvalue weighted by molar-refractivity contribution is 0.0226. The molecule has 0 aliphatic carbocycles. The minimum absolute atomic E-state index is 0.367. The molecule has 33 heavy (non-hydrogen) atoms. The molecule has 0 fully saturated rings. The SMILES string of the molecule is CCNc1c(Cl)cc2c(c1NCCOCC)C1(OC(=O)c3ccccc31)c1ccccc1O2. The normalized spacial score (nSPS) is 17.6. The first-order valence-corrected chi connectivity index (χ1v) is 11.5. The van der Waals surface area contributed by atoms with Crippen LogP contribution in [0, 0.1) is 0 Å². The van der Waals surface area contributed by atoms with E-state index in [0.717, 1.165) is 28.1 Å². The molecule has 2 aliphatic heterocycles. The number of hydrogen-bond donors (Lipinski definition) is 2. The number of carbonyl (C=O) groups is 1. The number of hydrogen-bond acceptors (Lipinski definition) is 6. The predicted molar refractivity (Wildman–Crippen MR) is 129 cm³/mol. The van der Waals surface area contributed by atoms with E-state index < -0.39 is 5.60 Å². The molecule has 1 atom stereocenters. The number of rotatable bonds is 7. The van der Waals surface area contributed by atoms with E-state index in [1.54, 1.807) is 12.1 Å². The highest BCUT2D eigenvalue weighted by molar-refractivity contribution is 6.34. The second-order valence-electron chi connectivity index (χ2n) is 7.85.